The number of benzene rings is 2. The zero-order chi connectivity index (χ0) is 20.9. The van der Waals surface area contributed by atoms with Crippen LogP contribution in [0.2, 0.25) is 5.02 Å². The van der Waals surface area contributed by atoms with Gasteiger partial charge in [0.1, 0.15) is 5.82 Å². The van der Waals surface area contributed by atoms with Crippen LogP contribution in [0.15, 0.2) is 73.3 Å². The molecule has 0 bridgehead atoms. The van der Waals surface area contributed by atoms with Crippen molar-refractivity contribution in [2.24, 2.45) is 0 Å². The van der Waals surface area contributed by atoms with E-state index < -0.39 is 0 Å². The molecular weight excluding hydrogens is 401 g/mol. The Labute approximate surface area is 179 Å². The third-order valence-corrected chi connectivity index (χ3v) is 5.11. The van der Waals surface area contributed by atoms with E-state index in [1.165, 1.54) is 12.1 Å². The van der Waals surface area contributed by atoms with Gasteiger partial charge in [0.05, 0.1) is 22.1 Å². The van der Waals surface area contributed by atoms with Crippen LogP contribution < -0.4 is 5.32 Å². The molecule has 4 aromatic rings. The van der Waals surface area contributed by atoms with Gasteiger partial charge in [0, 0.05) is 54.9 Å². The minimum atomic E-state index is -0.281. The molecule has 152 valence electrons. The molecule has 5 nitrogen and oxygen atoms in total. The summed E-state index contributed by atoms with van der Waals surface area (Å²) in [5, 5.41) is 8.91. The van der Waals surface area contributed by atoms with Gasteiger partial charge in [0.2, 0.25) is 0 Å². The molecule has 4 rings (SSSR count). The Bertz CT molecular complexity index is 1110. The largest absolute Gasteiger partial charge is 0.310 e. The van der Waals surface area contributed by atoms with Crippen molar-refractivity contribution in [2.75, 3.05) is 0 Å². The van der Waals surface area contributed by atoms with E-state index >= 15 is 0 Å². The molecule has 0 radical (unpaired) electrons. The van der Waals surface area contributed by atoms with Crippen LogP contribution in [0, 0.1) is 5.82 Å². The number of nitrogens with zero attached hydrogens (tertiary/aromatic N) is 4. The van der Waals surface area contributed by atoms with E-state index in [-0.39, 0.29) is 11.9 Å². The molecule has 0 saturated heterocycles. The molecule has 0 spiro atoms. The maximum atomic E-state index is 13.3. The molecule has 0 aliphatic rings. The molecule has 2 aromatic heterocycles. The number of rotatable bonds is 7. The lowest BCUT2D eigenvalue weighted by atomic mass is 10.1. The van der Waals surface area contributed by atoms with Gasteiger partial charge in [-0.25, -0.2) is 9.07 Å². The van der Waals surface area contributed by atoms with Gasteiger partial charge in [0.15, 0.2) is 0 Å². The molecule has 0 amide bonds. The minimum absolute atomic E-state index is 0.190. The molecule has 1 N–H and O–H groups in total. The lowest BCUT2D eigenvalue weighted by Gasteiger charge is -2.13. The first-order valence-electron chi connectivity index (χ1n) is 9.68. The van der Waals surface area contributed by atoms with Crippen molar-refractivity contribution in [3.05, 3.63) is 95.4 Å². The van der Waals surface area contributed by atoms with Gasteiger partial charge in [-0.3, -0.25) is 9.97 Å². The van der Waals surface area contributed by atoms with Crippen LogP contribution in [-0.2, 0) is 13.0 Å². The third-order valence-electron chi connectivity index (χ3n) is 4.78. The van der Waals surface area contributed by atoms with Gasteiger partial charge in [-0.15, -0.1) is 0 Å². The van der Waals surface area contributed by atoms with Gasteiger partial charge in [-0.05, 0) is 37.3 Å². The predicted molar refractivity (Wildman–Crippen MR) is 116 cm³/mol. The molecule has 0 aliphatic heterocycles. The van der Waals surface area contributed by atoms with Crippen LogP contribution in [0.4, 0.5) is 4.39 Å². The highest BCUT2D eigenvalue weighted by Gasteiger charge is 2.16. The Morgan fingerprint density at radius 3 is 2.63 bits per heavy atom. The normalized spacial score (nSPS) is 12.1. The summed E-state index contributed by atoms with van der Waals surface area (Å²) in [6.45, 7) is 2.71. The van der Waals surface area contributed by atoms with Crippen LogP contribution in [0.25, 0.3) is 16.9 Å². The van der Waals surface area contributed by atoms with E-state index in [0.717, 1.165) is 34.6 Å². The minimum Gasteiger partial charge on any atom is -0.310 e. The summed E-state index contributed by atoms with van der Waals surface area (Å²) in [6, 6.07) is 14.1. The van der Waals surface area contributed by atoms with Crippen LogP contribution in [0.5, 0.6) is 0 Å². The molecule has 0 saturated carbocycles. The molecule has 0 fully saturated rings. The van der Waals surface area contributed by atoms with Crippen molar-refractivity contribution < 1.29 is 4.39 Å². The molecule has 0 aliphatic carbocycles. The van der Waals surface area contributed by atoms with E-state index in [1.807, 2.05) is 30.5 Å². The summed E-state index contributed by atoms with van der Waals surface area (Å²) >= 11 is 6.44. The lowest BCUT2D eigenvalue weighted by molar-refractivity contribution is 0.540. The Balaban J connectivity index is 1.60. The monoisotopic (exact) mass is 421 g/mol. The maximum Gasteiger partial charge on any atom is 0.123 e. The molecule has 2 aromatic carbocycles. The van der Waals surface area contributed by atoms with Gasteiger partial charge in [-0.1, -0.05) is 29.8 Å². The van der Waals surface area contributed by atoms with E-state index in [9.17, 15) is 4.39 Å². The average Bonchev–Trinajstić information content (AvgIpc) is 3.18. The Kier molecular flexibility index (Phi) is 6.16. The fourth-order valence-corrected chi connectivity index (χ4v) is 3.48. The lowest BCUT2D eigenvalue weighted by Crippen LogP contribution is -2.28. The first-order chi connectivity index (χ1) is 14.6. The second-order valence-electron chi connectivity index (χ2n) is 7.09. The number of halogens is 2. The van der Waals surface area contributed by atoms with Crippen LogP contribution in [0.3, 0.4) is 0 Å². The Hall–Kier alpha value is -3.09. The smallest absolute Gasteiger partial charge is 0.123 e. The van der Waals surface area contributed by atoms with Crippen molar-refractivity contribution in [3.8, 4) is 16.9 Å². The standard InChI is InChI=1S/C23H21ClFN5/c1-16(12-19-14-26-10-11-27-19)28-13-17-15-30(20-8-6-18(25)7-9-20)29-23(17)21-4-2-3-5-22(21)24/h2-11,14-16,28H,12-13H2,1H3/t16-/m0/s1. The Morgan fingerprint density at radius 1 is 1.10 bits per heavy atom. The van der Waals surface area contributed by atoms with Gasteiger partial charge in [-0.2, -0.15) is 5.10 Å². The zero-order valence-electron chi connectivity index (χ0n) is 16.5. The molecular formula is C23H21ClFN5. The molecule has 30 heavy (non-hydrogen) atoms. The highest BCUT2D eigenvalue weighted by atomic mass is 35.5. The van der Waals surface area contributed by atoms with Crippen LogP contribution in [-0.4, -0.2) is 25.8 Å². The predicted octanol–water partition coefficient (Wildman–Crippen LogP) is 4.84. The van der Waals surface area contributed by atoms with Crippen molar-refractivity contribution in [2.45, 2.75) is 25.9 Å². The first-order valence-corrected chi connectivity index (χ1v) is 10.1. The highest BCUT2D eigenvalue weighted by molar-refractivity contribution is 6.33. The topological polar surface area (TPSA) is 55.6 Å². The average molecular weight is 422 g/mol. The Morgan fingerprint density at radius 2 is 1.90 bits per heavy atom. The van der Waals surface area contributed by atoms with Gasteiger partial charge in [0.25, 0.3) is 0 Å². The number of hydrogen-bond acceptors (Lipinski definition) is 4. The third kappa shape index (κ3) is 4.72. The van der Waals surface area contributed by atoms with Crippen molar-refractivity contribution in [3.63, 3.8) is 0 Å². The summed E-state index contributed by atoms with van der Waals surface area (Å²) in [7, 11) is 0. The van der Waals surface area contributed by atoms with E-state index in [2.05, 4.69) is 22.2 Å². The van der Waals surface area contributed by atoms with Crippen molar-refractivity contribution >= 4 is 11.6 Å². The summed E-state index contributed by atoms with van der Waals surface area (Å²) < 4.78 is 15.1. The fourth-order valence-electron chi connectivity index (χ4n) is 3.25. The molecule has 2 heterocycles. The van der Waals surface area contributed by atoms with Gasteiger partial charge < -0.3 is 5.32 Å². The number of nitrogens with one attached hydrogen (secondary N) is 1. The summed E-state index contributed by atoms with van der Waals surface area (Å²) in [5.74, 6) is -0.281. The first kappa shape index (κ1) is 20.2. The second-order valence-corrected chi connectivity index (χ2v) is 7.49. The summed E-state index contributed by atoms with van der Waals surface area (Å²) in [5.41, 5.74) is 4.37. The highest BCUT2D eigenvalue weighted by Crippen LogP contribution is 2.30. The number of aromatic nitrogens is 4. The van der Waals surface area contributed by atoms with Crippen LogP contribution >= 0.6 is 11.6 Å². The quantitative estimate of drug-likeness (QED) is 0.463. The van der Waals surface area contributed by atoms with E-state index in [0.29, 0.717) is 11.6 Å². The van der Waals surface area contributed by atoms with Gasteiger partial charge >= 0.3 is 0 Å². The summed E-state index contributed by atoms with van der Waals surface area (Å²) in [6.07, 6.45) is 7.86. The zero-order valence-corrected chi connectivity index (χ0v) is 17.2. The van der Waals surface area contributed by atoms with Crippen molar-refractivity contribution in [1.29, 1.82) is 0 Å². The maximum absolute atomic E-state index is 13.3. The van der Waals surface area contributed by atoms with E-state index in [1.54, 1.807) is 35.4 Å². The molecule has 0 unspecified atom stereocenters. The fraction of sp³-hybridized carbons (Fsp3) is 0.174. The second kappa shape index (κ2) is 9.15. The molecule has 7 heteroatoms. The summed E-state index contributed by atoms with van der Waals surface area (Å²) in [4.78, 5) is 8.45. The number of hydrogen-bond donors (Lipinski definition) is 1. The SMILES string of the molecule is C[C@@H](Cc1cnccn1)NCc1cn(-c2ccc(F)cc2)nc1-c1ccccc1Cl. The van der Waals surface area contributed by atoms with Crippen molar-refractivity contribution in [1.82, 2.24) is 25.1 Å². The van der Waals surface area contributed by atoms with E-state index in [4.69, 9.17) is 16.7 Å². The molecule has 1 atom stereocenters. The van der Waals surface area contributed by atoms with Crippen LogP contribution in [0.1, 0.15) is 18.2 Å².